The fourth-order valence-electron chi connectivity index (χ4n) is 3.11. The van der Waals surface area contributed by atoms with Gasteiger partial charge in [0, 0.05) is 39.1 Å². The Balaban J connectivity index is 0.00000280. The van der Waals surface area contributed by atoms with Crippen molar-refractivity contribution < 1.29 is 22.0 Å². The number of aromatic nitrogens is 2. The van der Waals surface area contributed by atoms with Gasteiger partial charge in [-0.05, 0) is 17.7 Å². The Bertz CT molecular complexity index is 919. The van der Waals surface area contributed by atoms with E-state index in [1.807, 2.05) is 17.8 Å². The van der Waals surface area contributed by atoms with Crippen molar-refractivity contribution in [2.75, 3.05) is 19.6 Å². The van der Waals surface area contributed by atoms with Crippen LogP contribution in [0.2, 0.25) is 0 Å². The maximum atomic E-state index is 12.8. The van der Waals surface area contributed by atoms with E-state index in [4.69, 9.17) is 0 Å². The lowest BCUT2D eigenvalue weighted by Gasteiger charge is -2.35. The molecule has 154 valence electrons. The number of sulfone groups is 1. The molecule has 1 saturated heterocycles. The van der Waals surface area contributed by atoms with Crippen LogP contribution in [0.25, 0.3) is 0 Å². The molecule has 1 unspecified atom stereocenters. The highest BCUT2D eigenvalue weighted by molar-refractivity contribution is 7.91. The van der Waals surface area contributed by atoms with E-state index in [0.29, 0.717) is 25.2 Å². The third-order valence-corrected chi connectivity index (χ3v) is 5.96. The van der Waals surface area contributed by atoms with E-state index in [1.165, 1.54) is 12.1 Å². The van der Waals surface area contributed by atoms with E-state index < -0.39 is 20.5 Å². The second-order valence-electron chi connectivity index (χ2n) is 6.33. The number of rotatable bonds is 5. The molecule has 0 bridgehead atoms. The Hall–Kier alpha value is -2.04. The van der Waals surface area contributed by atoms with Gasteiger partial charge in [-0.2, -0.15) is 8.78 Å². The van der Waals surface area contributed by atoms with Gasteiger partial charge in [-0.3, -0.25) is 4.79 Å². The van der Waals surface area contributed by atoms with Crippen molar-refractivity contribution in [1.29, 1.82) is 0 Å². The standard InChI is InChI=1S/C17H20F2N4O3S.ClH/c1-22-8-7-21-16(22)14-11-20-6-9-23(14)15(24)10-12-2-4-13(5-3-12)27(25,26)17(18)19;/h2-5,7-8,14,17,20H,6,9-11H2,1H3;1H. The van der Waals surface area contributed by atoms with Crippen LogP contribution in [0.1, 0.15) is 17.4 Å². The summed E-state index contributed by atoms with van der Waals surface area (Å²) >= 11 is 0. The van der Waals surface area contributed by atoms with Crippen LogP contribution in [0.5, 0.6) is 0 Å². The largest absolute Gasteiger partial charge is 0.341 e. The molecule has 1 aliphatic rings. The van der Waals surface area contributed by atoms with Crippen LogP contribution in [0.4, 0.5) is 8.78 Å². The number of carbonyl (C=O) groups is 1. The highest BCUT2D eigenvalue weighted by Gasteiger charge is 2.30. The molecule has 1 aromatic carbocycles. The monoisotopic (exact) mass is 434 g/mol. The molecule has 1 fully saturated rings. The number of aryl methyl sites for hydroxylation is 1. The third-order valence-electron chi connectivity index (χ3n) is 4.56. The van der Waals surface area contributed by atoms with E-state index in [2.05, 4.69) is 10.3 Å². The topological polar surface area (TPSA) is 84.3 Å². The second kappa shape index (κ2) is 8.97. The molecule has 7 nitrogen and oxygen atoms in total. The van der Waals surface area contributed by atoms with Crippen molar-refractivity contribution in [3.05, 3.63) is 48.0 Å². The lowest BCUT2D eigenvalue weighted by atomic mass is 10.1. The minimum Gasteiger partial charge on any atom is -0.336 e. The maximum absolute atomic E-state index is 12.8. The number of hydrogen-bond acceptors (Lipinski definition) is 5. The number of nitrogens with zero attached hydrogens (tertiary/aromatic N) is 3. The van der Waals surface area contributed by atoms with Crippen LogP contribution in [-0.2, 0) is 28.1 Å². The van der Waals surface area contributed by atoms with Crippen LogP contribution in [0.3, 0.4) is 0 Å². The first-order chi connectivity index (χ1) is 12.8. The summed E-state index contributed by atoms with van der Waals surface area (Å²) in [6, 6.07) is 4.80. The molecule has 0 spiro atoms. The Morgan fingerprint density at radius 1 is 1.32 bits per heavy atom. The molecule has 1 atom stereocenters. The minimum atomic E-state index is -4.63. The van der Waals surface area contributed by atoms with Crippen LogP contribution < -0.4 is 5.32 Å². The van der Waals surface area contributed by atoms with Gasteiger partial charge in [0.05, 0.1) is 11.3 Å². The van der Waals surface area contributed by atoms with Gasteiger partial charge in [0.2, 0.25) is 15.7 Å². The van der Waals surface area contributed by atoms with Crippen molar-refractivity contribution in [1.82, 2.24) is 19.8 Å². The van der Waals surface area contributed by atoms with E-state index >= 15 is 0 Å². The molecule has 0 radical (unpaired) electrons. The van der Waals surface area contributed by atoms with Crippen molar-refractivity contribution in [2.24, 2.45) is 7.05 Å². The fourth-order valence-corrected chi connectivity index (χ4v) is 3.83. The van der Waals surface area contributed by atoms with Crippen molar-refractivity contribution in [3.8, 4) is 0 Å². The first kappa shape index (κ1) is 22.3. The summed E-state index contributed by atoms with van der Waals surface area (Å²) in [6.07, 6.45) is 3.54. The normalized spacial score (nSPS) is 17.4. The zero-order valence-electron chi connectivity index (χ0n) is 15.1. The van der Waals surface area contributed by atoms with Gasteiger partial charge in [0.25, 0.3) is 0 Å². The lowest BCUT2D eigenvalue weighted by molar-refractivity contribution is -0.134. The van der Waals surface area contributed by atoms with E-state index in [0.717, 1.165) is 18.0 Å². The maximum Gasteiger partial charge on any atom is 0.341 e. The number of halogens is 3. The SMILES string of the molecule is Cl.Cn1ccnc1C1CNCCN1C(=O)Cc1ccc(S(=O)(=O)C(F)F)cc1. The predicted octanol–water partition coefficient (Wildman–Crippen LogP) is 1.55. The molecular formula is C17H21ClF2N4O3S. The number of imidazole rings is 1. The van der Waals surface area contributed by atoms with Gasteiger partial charge in [0.1, 0.15) is 11.9 Å². The van der Waals surface area contributed by atoms with Crippen LogP contribution in [0, 0.1) is 0 Å². The van der Waals surface area contributed by atoms with Gasteiger partial charge in [0.15, 0.2) is 0 Å². The Morgan fingerprint density at radius 3 is 2.57 bits per heavy atom. The highest BCUT2D eigenvalue weighted by Crippen LogP contribution is 2.23. The average Bonchev–Trinajstić information content (AvgIpc) is 3.08. The van der Waals surface area contributed by atoms with E-state index in [1.54, 1.807) is 11.1 Å². The Morgan fingerprint density at radius 2 is 2.00 bits per heavy atom. The number of alkyl halides is 2. The summed E-state index contributed by atoms with van der Waals surface area (Å²) in [5, 5.41) is 3.25. The molecule has 2 aromatic rings. The van der Waals surface area contributed by atoms with E-state index in [9.17, 15) is 22.0 Å². The van der Waals surface area contributed by atoms with Crippen LogP contribution in [0.15, 0.2) is 41.6 Å². The van der Waals surface area contributed by atoms with Gasteiger partial charge in [-0.15, -0.1) is 12.4 Å². The quantitative estimate of drug-likeness (QED) is 0.772. The molecule has 28 heavy (non-hydrogen) atoms. The minimum absolute atomic E-state index is 0. The molecular weight excluding hydrogens is 414 g/mol. The van der Waals surface area contributed by atoms with Crippen molar-refractivity contribution in [3.63, 3.8) is 0 Å². The molecule has 0 aliphatic carbocycles. The van der Waals surface area contributed by atoms with Gasteiger partial charge in [-0.25, -0.2) is 13.4 Å². The number of amides is 1. The number of nitrogens with one attached hydrogen (secondary N) is 1. The number of hydrogen-bond donors (Lipinski definition) is 1. The average molecular weight is 435 g/mol. The second-order valence-corrected chi connectivity index (χ2v) is 8.25. The summed E-state index contributed by atoms with van der Waals surface area (Å²) in [6.45, 7) is 1.77. The third kappa shape index (κ3) is 4.50. The number of carbonyl (C=O) groups excluding carboxylic acids is 1. The zero-order valence-corrected chi connectivity index (χ0v) is 16.7. The first-order valence-corrected chi connectivity index (χ1v) is 9.93. The summed E-state index contributed by atoms with van der Waals surface area (Å²) in [5.41, 5.74) is 0.560. The van der Waals surface area contributed by atoms with E-state index in [-0.39, 0.29) is 30.8 Å². The molecule has 1 aromatic heterocycles. The smallest absolute Gasteiger partial charge is 0.336 e. The van der Waals surface area contributed by atoms with Gasteiger partial charge < -0.3 is 14.8 Å². The summed E-state index contributed by atoms with van der Waals surface area (Å²) in [5.74, 6) is -2.83. The molecule has 1 N–H and O–H groups in total. The Labute approximate surface area is 168 Å². The number of piperazine rings is 1. The predicted molar refractivity (Wildman–Crippen MR) is 101 cm³/mol. The lowest BCUT2D eigenvalue weighted by Crippen LogP contribution is -2.49. The van der Waals surface area contributed by atoms with Crippen LogP contribution in [-0.4, -0.2) is 54.2 Å². The molecule has 3 rings (SSSR count). The fraction of sp³-hybridized carbons (Fsp3) is 0.412. The van der Waals surface area contributed by atoms with Gasteiger partial charge >= 0.3 is 5.76 Å². The molecule has 0 saturated carbocycles. The Kier molecular flexibility index (Phi) is 7.13. The highest BCUT2D eigenvalue weighted by atomic mass is 35.5. The van der Waals surface area contributed by atoms with Crippen molar-refractivity contribution >= 4 is 28.2 Å². The molecule has 11 heteroatoms. The first-order valence-electron chi connectivity index (χ1n) is 8.39. The molecule has 2 heterocycles. The van der Waals surface area contributed by atoms with Crippen molar-refractivity contribution in [2.45, 2.75) is 23.1 Å². The summed E-state index contributed by atoms with van der Waals surface area (Å²) in [4.78, 5) is 18.4. The molecule has 1 aliphatic heterocycles. The molecule has 1 amide bonds. The summed E-state index contributed by atoms with van der Waals surface area (Å²) in [7, 11) is -2.77. The zero-order chi connectivity index (χ0) is 19.6. The number of benzene rings is 1. The summed E-state index contributed by atoms with van der Waals surface area (Å²) < 4.78 is 50.0. The van der Waals surface area contributed by atoms with Gasteiger partial charge in [-0.1, -0.05) is 12.1 Å². The van der Waals surface area contributed by atoms with Crippen LogP contribution >= 0.6 is 12.4 Å².